The summed E-state index contributed by atoms with van der Waals surface area (Å²) in [5.74, 6) is 2.21. The van der Waals surface area contributed by atoms with Gasteiger partial charge in [0, 0.05) is 24.5 Å². The van der Waals surface area contributed by atoms with E-state index in [4.69, 9.17) is 4.74 Å². The van der Waals surface area contributed by atoms with Crippen molar-refractivity contribution in [1.29, 1.82) is 0 Å². The van der Waals surface area contributed by atoms with Crippen LogP contribution in [-0.2, 0) is 13.1 Å². The molecule has 1 aliphatic carbocycles. The van der Waals surface area contributed by atoms with Crippen molar-refractivity contribution in [3.8, 4) is 5.75 Å². The molecule has 6 heteroatoms. The van der Waals surface area contributed by atoms with E-state index >= 15 is 0 Å². The van der Waals surface area contributed by atoms with Crippen molar-refractivity contribution in [2.24, 2.45) is 4.99 Å². The zero-order valence-electron chi connectivity index (χ0n) is 16.5. The van der Waals surface area contributed by atoms with Gasteiger partial charge in [-0.15, -0.1) is 11.3 Å². The van der Waals surface area contributed by atoms with Crippen LogP contribution >= 0.6 is 11.3 Å². The molecule has 2 N–H and O–H groups in total. The van der Waals surface area contributed by atoms with Crippen LogP contribution in [-0.4, -0.2) is 24.1 Å². The molecule has 1 saturated carbocycles. The molecular formula is C21H30N4OS. The number of ether oxygens (including phenoxy) is 1. The second-order valence-corrected chi connectivity index (χ2v) is 8.17. The van der Waals surface area contributed by atoms with Crippen LogP contribution in [0.5, 0.6) is 5.75 Å². The summed E-state index contributed by atoms with van der Waals surface area (Å²) in [5, 5.41) is 9.94. The van der Waals surface area contributed by atoms with Gasteiger partial charge in [-0.25, -0.2) is 4.98 Å². The van der Waals surface area contributed by atoms with Crippen molar-refractivity contribution in [3.63, 3.8) is 0 Å². The van der Waals surface area contributed by atoms with Crippen molar-refractivity contribution in [2.45, 2.75) is 64.6 Å². The van der Waals surface area contributed by atoms with Crippen LogP contribution in [0.2, 0.25) is 0 Å². The van der Waals surface area contributed by atoms with Crippen molar-refractivity contribution in [3.05, 3.63) is 45.9 Å². The van der Waals surface area contributed by atoms with Gasteiger partial charge in [0.25, 0.3) is 0 Å². The van der Waals surface area contributed by atoms with E-state index in [0.29, 0.717) is 25.1 Å². The molecule has 146 valence electrons. The van der Waals surface area contributed by atoms with Crippen LogP contribution in [0.3, 0.4) is 0 Å². The Morgan fingerprint density at radius 1 is 1.22 bits per heavy atom. The van der Waals surface area contributed by atoms with E-state index in [0.717, 1.165) is 40.8 Å². The summed E-state index contributed by atoms with van der Waals surface area (Å²) >= 11 is 1.69. The summed E-state index contributed by atoms with van der Waals surface area (Å²) in [6.45, 7) is 5.69. The summed E-state index contributed by atoms with van der Waals surface area (Å²) in [4.78, 5) is 8.98. The van der Waals surface area contributed by atoms with Gasteiger partial charge in [0.05, 0.1) is 18.3 Å². The molecule has 0 aliphatic heterocycles. The van der Waals surface area contributed by atoms with Crippen LogP contribution in [0.1, 0.15) is 61.7 Å². The SMILES string of the molecule is CN=C(NCc1nc(C(C)C)cs1)NCc1ccccc1OC1CCCC1. The van der Waals surface area contributed by atoms with Crippen LogP contribution in [0.4, 0.5) is 0 Å². The molecule has 2 aromatic rings. The number of guanidine groups is 1. The predicted octanol–water partition coefficient (Wildman–Crippen LogP) is 4.45. The molecule has 1 fully saturated rings. The summed E-state index contributed by atoms with van der Waals surface area (Å²) in [6.07, 6.45) is 5.24. The number of nitrogens with one attached hydrogen (secondary N) is 2. The highest BCUT2D eigenvalue weighted by atomic mass is 32.1. The minimum Gasteiger partial charge on any atom is -0.490 e. The average molecular weight is 387 g/mol. The number of hydrogen-bond acceptors (Lipinski definition) is 4. The van der Waals surface area contributed by atoms with Crippen LogP contribution in [0.15, 0.2) is 34.6 Å². The Balaban J connectivity index is 1.53. The Morgan fingerprint density at radius 3 is 2.67 bits per heavy atom. The summed E-state index contributed by atoms with van der Waals surface area (Å²) in [5.41, 5.74) is 2.31. The summed E-state index contributed by atoms with van der Waals surface area (Å²) in [6, 6.07) is 8.27. The molecule has 0 amide bonds. The maximum Gasteiger partial charge on any atom is 0.191 e. The van der Waals surface area contributed by atoms with E-state index in [1.807, 2.05) is 6.07 Å². The van der Waals surface area contributed by atoms with Gasteiger partial charge in [-0.2, -0.15) is 0 Å². The lowest BCUT2D eigenvalue weighted by atomic mass is 10.2. The summed E-state index contributed by atoms with van der Waals surface area (Å²) < 4.78 is 6.22. The first-order valence-corrected chi connectivity index (χ1v) is 10.7. The topological polar surface area (TPSA) is 58.5 Å². The molecule has 5 nitrogen and oxygen atoms in total. The lowest BCUT2D eigenvalue weighted by Gasteiger charge is -2.17. The Hall–Kier alpha value is -2.08. The molecular weight excluding hydrogens is 356 g/mol. The van der Waals surface area contributed by atoms with Crippen molar-refractivity contribution >= 4 is 17.3 Å². The van der Waals surface area contributed by atoms with Gasteiger partial charge in [-0.1, -0.05) is 32.0 Å². The lowest BCUT2D eigenvalue weighted by molar-refractivity contribution is 0.208. The van der Waals surface area contributed by atoms with Gasteiger partial charge in [0.15, 0.2) is 5.96 Å². The zero-order valence-corrected chi connectivity index (χ0v) is 17.3. The van der Waals surface area contributed by atoms with E-state index in [1.165, 1.54) is 12.8 Å². The van der Waals surface area contributed by atoms with E-state index in [2.05, 4.69) is 58.0 Å². The molecule has 0 saturated heterocycles. The molecule has 3 rings (SSSR count). The van der Waals surface area contributed by atoms with Crippen LogP contribution in [0, 0.1) is 0 Å². The molecule has 27 heavy (non-hydrogen) atoms. The van der Waals surface area contributed by atoms with Gasteiger partial charge in [-0.3, -0.25) is 4.99 Å². The number of aliphatic imine (C=N–C) groups is 1. The Morgan fingerprint density at radius 2 is 1.96 bits per heavy atom. The van der Waals surface area contributed by atoms with E-state index in [-0.39, 0.29) is 0 Å². The highest BCUT2D eigenvalue weighted by molar-refractivity contribution is 7.09. The number of thiazole rings is 1. The number of rotatable bonds is 7. The minimum absolute atomic E-state index is 0.364. The zero-order chi connectivity index (χ0) is 19.1. The Bertz CT molecular complexity index is 750. The second kappa shape index (κ2) is 9.74. The van der Waals surface area contributed by atoms with Gasteiger partial charge in [0.1, 0.15) is 10.8 Å². The third-order valence-corrected chi connectivity index (χ3v) is 5.67. The normalized spacial score (nSPS) is 15.3. The van der Waals surface area contributed by atoms with Gasteiger partial charge < -0.3 is 15.4 Å². The summed E-state index contributed by atoms with van der Waals surface area (Å²) in [7, 11) is 1.79. The third kappa shape index (κ3) is 5.70. The maximum absolute atomic E-state index is 6.22. The molecule has 0 unspecified atom stereocenters. The average Bonchev–Trinajstić information content (AvgIpc) is 3.35. The number of aromatic nitrogens is 1. The number of nitrogens with zero attached hydrogens (tertiary/aromatic N) is 2. The van der Waals surface area contributed by atoms with Crippen molar-refractivity contribution in [1.82, 2.24) is 15.6 Å². The van der Waals surface area contributed by atoms with E-state index in [1.54, 1.807) is 18.4 Å². The third-order valence-electron chi connectivity index (χ3n) is 4.81. The smallest absolute Gasteiger partial charge is 0.191 e. The fourth-order valence-corrected chi connectivity index (χ4v) is 4.08. The molecule has 0 spiro atoms. The molecule has 1 aliphatic rings. The van der Waals surface area contributed by atoms with Crippen molar-refractivity contribution < 1.29 is 4.74 Å². The monoisotopic (exact) mass is 386 g/mol. The molecule has 1 heterocycles. The second-order valence-electron chi connectivity index (χ2n) is 7.23. The molecule has 1 aromatic carbocycles. The quantitative estimate of drug-likeness (QED) is 0.545. The number of para-hydroxylation sites is 1. The molecule has 0 bridgehead atoms. The first kappa shape index (κ1) is 19.7. The Kier molecular flexibility index (Phi) is 7.10. The molecule has 0 radical (unpaired) electrons. The van der Waals surface area contributed by atoms with Crippen LogP contribution in [0.25, 0.3) is 0 Å². The fourth-order valence-electron chi connectivity index (χ4n) is 3.18. The van der Waals surface area contributed by atoms with Gasteiger partial charge >= 0.3 is 0 Å². The van der Waals surface area contributed by atoms with E-state index < -0.39 is 0 Å². The fraction of sp³-hybridized carbons (Fsp3) is 0.524. The number of benzene rings is 1. The number of hydrogen-bond donors (Lipinski definition) is 2. The predicted molar refractivity (Wildman–Crippen MR) is 113 cm³/mol. The van der Waals surface area contributed by atoms with Gasteiger partial charge in [-0.05, 0) is 37.7 Å². The highest BCUT2D eigenvalue weighted by Crippen LogP contribution is 2.26. The lowest BCUT2D eigenvalue weighted by Crippen LogP contribution is -2.36. The molecule has 0 atom stereocenters. The van der Waals surface area contributed by atoms with Gasteiger partial charge in [0.2, 0.25) is 0 Å². The van der Waals surface area contributed by atoms with Crippen molar-refractivity contribution in [2.75, 3.05) is 7.05 Å². The first-order chi connectivity index (χ1) is 13.2. The molecule has 1 aromatic heterocycles. The minimum atomic E-state index is 0.364. The van der Waals surface area contributed by atoms with Crippen LogP contribution < -0.4 is 15.4 Å². The van der Waals surface area contributed by atoms with E-state index in [9.17, 15) is 0 Å². The highest BCUT2D eigenvalue weighted by Gasteiger charge is 2.17. The largest absolute Gasteiger partial charge is 0.490 e. The Labute approximate surface area is 166 Å². The standard InChI is InChI=1S/C21H30N4OS/c1-15(2)18-14-27-20(25-18)13-24-21(22-3)23-12-16-8-4-7-11-19(16)26-17-9-5-6-10-17/h4,7-8,11,14-15,17H,5-6,9-10,12-13H2,1-3H3,(H2,22,23,24). The maximum atomic E-state index is 6.22. The first-order valence-electron chi connectivity index (χ1n) is 9.79.